The standard InChI is InChI=1S/C18H26N2O4S/c1-12-5-7-14(8-6-12)19-15(21)11-25-13(2)17(24)20-18(3,4)10-9-16(22)23/h5-8,13H,9-11H2,1-4H3,(H,19,21)(H,20,24)(H,22,23). The molecule has 0 aliphatic heterocycles. The van der Waals surface area contributed by atoms with Gasteiger partial charge in [-0.25, -0.2) is 0 Å². The molecule has 0 saturated heterocycles. The number of hydrogen-bond donors (Lipinski definition) is 3. The number of carbonyl (C=O) groups is 3. The zero-order valence-corrected chi connectivity index (χ0v) is 15.9. The van der Waals surface area contributed by atoms with Crippen LogP contribution in [0, 0.1) is 6.92 Å². The third kappa shape index (κ3) is 8.58. The Hall–Kier alpha value is -2.02. The molecule has 0 spiro atoms. The van der Waals surface area contributed by atoms with Crippen molar-refractivity contribution in [2.45, 2.75) is 51.3 Å². The maximum atomic E-state index is 12.2. The van der Waals surface area contributed by atoms with Crippen molar-refractivity contribution in [2.24, 2.45) is 0 Å². The SMILES string of the molecule is Cc1ccc(NC(=O)CSC(C)C(=O)NC(C)(C)CCC(=O)O)cc1. The molecular weight excluding hydrogens is 340 g/mol. The molecule has 0 heterocycles. The Balaban J connectivity index is 2.40. The zero-order valence-electron chi connectivity index (χ0n) is 15.1. The molecule has 0 fully saturated rings. The van der Waals surface area contributed by atoms with Crippen molar-refractivity contribution in [1.82, 2.24) is 5.32 Å². The third-order valence-corrected chi connectivity index (χ3v) is 4.74. The summed E-state index contributed by atoms with van der Waals surface area (Å²) >= 11 is 1.24. The molecule has 2 amide bonds. The number of thioether (sulfide) groups is 1. The molecule has 25 heavy (non-hydrogen) atoms. The second kappa shape index (κ2) is 9.46. The van der Waals surface area contributed by atoms with E-state index in [0.29, 0.717) is 6.42 Å². The van der Waals surface area contributed by atoms with Crippen molar-refractivity contribution in [1.29, 1.82) is 0 Å². The topological polar surface area (TPSA) is 95.5 Å². The van der Waals surface area contributed by atoms with E-state index in [0.717, 1.165) is 11.3 Å². The Morgan fingerprint density at radius 1 is 1.20 bits per heavy atom. The summed E-state index contributed by atoms with van der Waals surface area (Å²) in [5.41, 5.74) is 1.24. The lowest BCUT2D eigenvalue weighted by Crippen LogP contribution is -2.46. The van der Waals surface area contributed by atoms with Crippen molar-refractivity contribution in [3.05, 3.63) is 29.8 Å². The second-order valence-corrected chi connectivity index (χ2v) is 7.96. The number of rotatable bonds is 9. The van der Waals surface area contributed by atoms with Gasteiger partial charge in [-0.3, -0.25) is 14.4 Å². The fourth-order valence-corrected chi connectivity index (χ4v) is 2.71. The van der Waals surface area contributed by atoms with Crippen molar-refractivity contribution >= 4 is 35.2 Å². The van der Waals surface area contributed by atoms with Crippen LogP contribution in [0.5, 0.6) is 0 Å². The highest BCUT2D eigenvalue weighted by Crippen LogP contribution is 2.16. The molecule has 1 unspecified atom stereocenters. The van der Waals surface area contributed by atoms with Crippen LogP contribution < -0.4 is 10.6 Å². The molecule has 0 aromatic heterocycles. The normalized spacial score (nSPS) is 12.3. The predicted molar refractivity (Wildman–Crippen MR) is 101 cm³/mol. The Morgan fingerprint density at radius 3 is 2.36 bits per heavy atom. The average Bonchev–Trinajstić information content (AvgIpc) is 2.52. The van der Waals surface area contributed by atoms with Gasteiger partial charge >= 0.3 is 5.97 Å². The summed E-state index contributed by atoms with van der Waals surface area (Å²) in [6.45, 7) is 7.27. The molecule has 0 aliphatic carbocycles. The lowest BCUT2D eigenvalue weighted by molar-refractivity contribution is -0.137. The zero-order chi connectivity index (χ0) is 19.0. The van der Waals surface area contributed by atoms with Crippen LogP contribution in [0.1, 0.15) is 39.2 Å². The van der Waals surface area contributed by atoms with Crippen LogP contribution in [0.15, 0.2) is 24.3 Å². The largest absolute Gasteiger partial charge is 0.481 e. The quantitative estimate of drug-likeness (QED) is 0.625. The predicted octanol–water partition coefficient (Wildman–Crippen LogP) is 2.81. The van der Waals surface area contributed by atoms with Crippen molar-refractivity contribution in [3.8, 4) is 0 Å². The first-order valence-corrected chi connectivity index (χ1v) is 9.16. The number of nitrogens with one attached hydrogen (secondary N) is 2. The number of carbonyl (C=O) groups excluding carboxylic acids is 2. The maximum Gasteiger partial charge on any atom is 0.303 e. The number of hydrogen-bond acceptors (Lipinski definition) is 4. The van der Waals surface area contributed by atoms with Crippen molar-refractivity contribution < 1.29 is 19.5 Å². The monoisotopic (exact) mass is 366 g/mol. The summed E-state index contributed by atoms with van der Waals surface area (Å²) in [5.74, 6) is -1.10. The first-order chi connectivity index (χ1) is 11.6. The second-order valence-electron chi connectivity index (χ2n) is 6.63. The van der Waals surface area contributed by atoms with Crippen LogP contribution >= 0.6 is 11.8 Å². The van der Waals surface area contributed by atoms with E-state index >= 15 is 0 Å². The van der Waals surface area contributed by atoms with E-state index in [2.05, 4.69) is 10.6 Å². The summed E-state index contributed by atoms with van der Waals surface area (Å²) < 4.78 is 0. The van der Waals surface area contributed by atoms with Crippen LogP contribution in [-0.4, -0.2) is 39.4 Å². The van der Waals surface area contributed by atoms with Gasteiger partial charge in [0.25, 0.3) is 0 Å². The molecule has 0 aliphatic rings. The molecule has 0 saturated carbocycles. The van der Waals surface area contributed by atoms with Gasteiger partial charge in [-0.2, -0.15) is 0 Å². The smallest absolute Gasteiger partial charge is 0.303 e. The minimum atomic E-state index is -0.891. The highest BCUT2D eigenvalue weighted by Gasteiger charge is 2.24. The van der Waals surface area contributed by atoms with Gasteiger partial charge in [0.15, 0.2) is 0 Å². The fourth-order valence-electron chi connectivity index (χ4n) is 2.03. The van der Waals surface area contributed by atoms with Crippen LogP contribution in [0.25, 0.3) is 0 Å². The molecule has 6 nitrogen and oxygen atoms in total. The van der Waals surface area contributed by atoms with Gasteiger partial charge in [0.05, 0.1) is 11.0 Å². The van der Waals surface area contributed by atoms with Gasteiger partial charge < -0.3 is 15.7 Å². The van der Waals surface area contributed by atoms with Crippen LogP contribution in [0.4, 0.5) is 5.69 Å². The number of carboxylic acid groups (broad SMARTS) is 1. The summed E-state index contributed by atoms with van der Waals surface area (Å²) in [5, 5.41) is 14.0. The number of carboxylic acids is 1. The number of amides is 2. The molecule has 138 valence electrons. The molecular formula is C18H26N2O4S. The van der Waals surface area contributed by atoms with Gasteiger partial charge in [-0.15, -0.1) is 11.8 Å². The van der Waals surface area contributed by atoms with E-state index in [1.54, 1.807) is 20.8 Å². The Bertz CT molecular complexity index is 614. The first-order valence-electron chi connectivity index (χ1n) is 8.11. The minimum Gasteiger partial charge on any atom is -0.481 e. The van der Waals surface area contributed by atoms with E-state index in [1.165, 1.54) is 11.8 Å². The molecule has 3 N–H and O–H groups in total. The number of aryl methyl sites for hydroxylation is 1. The average molecular weight is 366 g/mol. The van der Waals surface area contributed by atoms with Crippen molar-refractivity contribution in [3.63, 3.8) is 0 Å². The summed E-state index contributed by atoms with van der Waals surface area (Å²) in [7, 11) is 0. The number of aliphatic carboxylic acids is 1. The summed E-state index contributed by atoms with van der Waals surface area (Å²) in [6.07, 6.45) is 0.340. The van der Waals surface area contributed by atoms with Gasteiger partial charge in [-0.05, 0) is 46.2 Å². The van der Waals surface area contributed by atoms with Crippen molar-refractivity contribution in [2.75, 3.05) is 11.1 Å². The number of anilines is 1. The molecule has 1 atom stereocenters. The number of benzene rings is 1. The van der Waals surface area contributed by atoms with Gasteiger partial charge in [0, 0.05) is 17.6 Å². The van der Waals surface area contributed by atoms with E-state index < -0.39 is 16.8 Å². The molecule has 7 heteroatoms. The Morgan fingerprint density at radius 2 is 1.80 bits per heavy atom. The van der Waals surface area contributed by atoms with Gasteiger partial charge in [0.2, 0.25) is 11.8 Å². The van der Waals surface area contributed by atoms with E-state index in [-0.39, 0.29) is 24.0 Å². The highest BCUT2D eigenvalue weighted by atomic mass is 32.2. The molecule has 0 radical (unpaired) electrons. The first kappa shape index (κ1) is 21.0. The minimum absolute atomic E-state index is 0.00619. The lowest BCUT2D eigenvalue weighted by Gasteiger charge is -2.27. The summed E-state index contributed by atoms with van der Waals surface area (Å²) in [6, 6.07) is 7.49. The Labute approximate surface area is 152 Å². The van der Waals surface area contributed by atoms with Gasteiger partial charge in [-0.1, -0.05) is 17.7 Å². The Kier molecular flexibility index (Phi) is 7.96. The van der Waals surface area contributed by atoms with Crippen LogP contribution in [0.3, 0.4) is 0 Å². The highest BCUT2D eigenvalue weighted by molar-refractivity contribution is 8.01. The maximum absolute atomic E-state index is 12.2. The van der Waals surface area contributed by atoms with Gasteiger partial charge in [0.1, 0.15) is 0 Å². The third-order valence-electron chi connectivity index (χ3n) is 3.59. The molecule has 1 rings (SSSR count). The van der Waals surface area contributed by atoms with E-state index in [9.17, 15) is 14.4 Å². The van der Waals surface area contributed by atoms with E-state index in [4.69, 9.17) is 5.11 Å². The lowest BCUT2D eigenvalue weighted by atomic mass is 9.98. The van der Waals surface area contributed by atoms with E-state index in [1.807, 2.05) is 31.2 Å². The van der Waals surface area contributed by atoms with Crippen LogP contribution in [-0.2, 0) is 14.4 Å². The van der Waals surface area contributed by atoms with Crippen LogP contribution in [0.2, 0.25) is 0 Å². The fraction of sp³-hybridized carbons (Fsp3) is 0.500. The molecule has 0 bridgehead atoms. The molecule has 1 aromatic rings. The summed E-state index contributed by atoms with van der Waals surface area (Å²) in [4.78, 5) is 34.8. The molecule has 1 aromatic carbocycles.